The second kappa shape index (κ2) is 12.4. The number of likely N-dealkylation sites (tertiary alicyclic amines) is 1. The van der Waals surface area contributed by atoms with Gasteiger partial charge in [0.2, 0.25) is 5.88 Å². The highest BCUT2D eigenvalue weighted by molar-refractivity contribution is 5.50. The molecular formula is C28H31F5N6O2. The van der Waals surface area contributed by atoms with Gasteiger partial charge in [-0.05, 0) is 50.9 Å². The molecule has 220 valence electrons. The Kier molecular flexibility index (Phi) is 9.08. The summed E-state index contributed by atoms with van der Waals surface area (Å²) in [5.74, 6) is -1.07. The minimum atomic E-state index is -4.65. The topological polar surface area (TPSA) is 109 Å². The lowest BCUT2D eigenvalue weighted by molar-refractivity contribution is -0.141. The molecule has 0 spiro atoms. The molecule has 0 radical (unpaired) electrons. The monoisotopic (exact) mass is 578 g/mol. The van der Waals surface area contributed by atoms with Crippen LogP contribution in [-0.4, -0.2) is 51.2 Å². The molecule has 4 rings (SSSR count). The highest BCUT2D eigenvalue weighted by atomic mass is 19.4. The third kappa shape index (κ3) is 7.09. The van der Waals surface area contributed by atoms with Crippen molar-refractivity contribution in [3.05, 3.63) is 89.4 Å². The molecule has 1 aliphatic heterocycles. The number of hydrogen-bond acceptors (Lipinski definition) is 8. The number of aryl methyl sites for hydroxylation is 1. The molecular weight excluding hydrogens is 547 g/mol. The molecule has 1 aromatic carbocycles. The summed E-state index contributed by atoms with van der Waals surface area (Å²) in [6, 6.07) is 6.85. The number of para-hydroxylation sites is 1. The molecule has 4 N–H and O–H groups in total. The van der Waals surface area contributed by atoms with Crippen molar-refractivity contribution in [1.82, 2.24) is 19.9 Å². The average molecular weight is 579 g/mol. The third-order valence-electron chi connectivity index (χ3n) is 6.97. The fraction of sp³-hybridized carbons (Fsp3) is 0.393. The summed E-state index contributed by atoms with van der Waals surface area (Å²) in [5, 5.41) is 14.4. The zero-order chi connectivity index (χ0) is 29.8. The van der Waals surface area contributed by atoms with Gasteiger partial charge in [0.15, 0.2) is 0 Å². The summed E-state index contributed by atoms with van der Waals surface area (Å²) in [7, 11) is 0. The number of hydrogen-bond donors (Lipinski definition) is 3. The first-order valence-corrected chi connectivity index (χ1v) is 13.0. The average Bonchev–Trinajstić information content (AvgIpc) is 2.94. The van der Waals surface area contributed by atoms with E-state index in [1.807, 2.05) is 4.90 Å². The number of nitrogens with one attached hydrogen (secondary N) is 1. The number of pyridine rings is 1. The minimum absolute atomic E-state index is 0.0269. The highest BCUT2D eigenvalue weighted by Crippen LogP contribution is 2.37. The second-order valence-electron chi connectivity index (χ2n) is 9.86. The molecule has 1 fully saturated rings. The number of halogens is 5. The first-order valence-electron chi connectivity index (χ1n) is 13.0. The Hall–Kier alpha value is -3.84. The van der Waals surface area contributed by atoms with E-state index >= 15 is 0 Å². The predicted molar refractivity (Wildman–Crippen MR) is 142 cm³/mol. The molecule has 41 heavy (non-hydrogen) atoms. The maximum absolute atomic E-state index is 14.1. The lowest BCUT2D eigenvalue weighted by atomic mass is 9.83. The molecule has 13 heteroatoms. The number of nitrogens with two attached hydrogens (primary N) is 1. The second-order valence-corrected chi connectivity index (χ2v) is 9.86. The number of rotatable bonds is 10. The number of benzene rings is 1. The van der Waals surface area contributed by atoms with Crippen LogP contribution < -0.4 is 15.8 Å². The third-order valence-corrected chi connectivity index (χ3v) is 6.97. The van der Waals surface area contributed by atoms with Crippen molar-refractivity contribution >= 4 is 5.69 Å². The molecule has 0 aliphatic carbocycles. The summed E-state index contributed by atoms with van der Waals surface area (Å²) in [6.45, 7) is 6.24. The van der Waals surface area contributed by atoms with Crippen molar-refractivity contribution in [2.45, 2.75) is 43.9 Å². The first kappa shape index (κ1) is 30.1. The van der Waals surface area contributed by atoms with Crippen molar-refractivity contribution < 1.29 is 31.8 Å². The molecule has 1 saturated heterocycles. The van der Waals surface area contributed by atoms with Gasteiger partial charge in [-0.3, -0.25) is 0 Å². The first-order chi connectivity index (χ1) is 19.4. The number of alkyl halides is 3. The van der Waals surface area contributed by atoms with E-state index in [2.05, 4.69) is 26.8 Å². The molecule has 3 aromatic rings. The zero-order valence-electron chi connectivity index (χ0n) is 22.4. The summed E-state index contributed by atoms with van der Waals surface area (Å²) in [4.78, 5) is 14.2. The van der Waals surface area contributed by atoms with Gasteiger partial charge in [-0.25, -0.2) is 23.7 Å². The summed E-state index contributed by atoms with van der Waals surface area (Å²) >= 11 is 0. The number of anilines is 1. The molecule has 1 aliphatic rings. The zero-order valence-corrected chi connectivity index (χ0v) is 22.4. The van der Waals surface area contributed by atoms with Crippen LogP contribution in [-0.2, 0) is 11.8 Å². The van der Waals surface area contributed by atoms with Gasteiger partial charge in [0.05, 0.1) is 11.5 Å². The number of piperidine rings is 1. The van der Waals surface area contributed by atoms with Crippen LogP contribution in [0.2, 0.25) is 0 Å². The van der Waals surface area contributed by atoms with Crippen molar-refractivity contribution in [2.75, 3.05) is 31.6 Å². The fourth-order valence-electron chi connectivity index (χ4n) is 4.79. The quantitative estimate of drug-likeness (QED) is 0.293. The molecule has 0 bridgehead atoms. The van der Waals surface area contributed by atoms with Gasteiger partial charge in [0.1, 0.15) is 41.0 Å². The van der Waals surface area contributed by atoms with E-state index in [0.29, 0.717) is 48.8 Å². The standard InChI is InChI=1S/C28H31F5N6O2/c1-17-35-15-20(27(40,11-12-34)16-41-24-8-4-7-23(38-24)28(31,32)33)25(36-17)19-9-13-39(14-10-19)18(2)37-26-21(29)5-3-6-22(26)30/h3-8,15,19,37,40H,2,9-14,16,34H2,1H3. The Bertz CT molecular complexity index is 1360. The molecule has 2 aromatic heterocycles. The SMILES string of the molecule is C=C(Nc1c(F)cccc1F)N1CCC(c2nc(C)ncc2C(O)(CCN)COc2cccc(C(F)(F)F)n2)CC1. The van der Waals surface area contributed by atoms with E-state index in [-0.39, 0.29) is 30.5 Å². The van der Waals surface area contributed by atoms with E-state index in [1.165, 1.54) is 24.4 Å². The normalized spacial score (nSPS) is 15.9. The molecule has 1 atom stereocenters. The van der Waals surface area contributed by atoms with Crippen LogP contribution in [0.1, 0.15) is 48.0 Å². The number of ether oxygens (including phenoxy) is 1. The summed E-state index contributed by atoms with van der Waals surface area (Å²) in [6.07, 6.45) is -2.00. The van der Waals surface area contributed by atoms with Gasteiger partial charge in [-0.15, -0.1) is 0 Å². The van der Waals surface area contributed by atoms with Crippen molar-refractivity contribution in [2.24, 2.45) is 5.73 Å². The maximum atomic E-state index is 14.1. The van der Waals surface area contributed by atoms with Crippen LogP contribution in [0.5, 0.6) is 5.88 Å². The number of aliphatic hydroxyl groups is 1. The fourth-order valence-corrected chi connectivity index (χ4v) is 4.79. The Morgan fingerprint density at radius 2 is 1.78 bits per heavy atom. The predicted octanol–water partition coefficient (Wildman–Crippen LogP) is 4.86. The smallest absolute Gasteiger partial charge is 0.433 e. The Morgan fingerprint density at radius 1 is 1.12 bits per heavy atom. The lowest BCUT2D eigenvalue weighted by Gasteiger charge is -2.37. The van der Waals surface area contributed by atoms with Crippen molar-refractivity contribution in [3.63, 3.8) is 0 Å². The van der Waals surface area contributed by atoms with E-state index in [0.717, 1.165) is 18.2 Å². The van der Waals surface area contributed by atoms with Crippen LogP contribution in [0.3, 0.4) is 0 Å². The minimum Gasteiger partial charge on any atom is -0.474 e. The van der Waals surface area contributed by atoms with Gasteiger partial charge < -0.3 is 25.8 Å². The molecule has 0 amide bonds. The Morgan fingerprint density at radius 3 is 2.41 bits per heavy atom. The van der Waals surface area contributed by atoms with Crippen LogP contribution in [0.25, 0.3) is 0 Å². The molecule has 8 nitrogen and oxygen atoms in total. The van der Waals surface area contributed by atoms with Crippen LogP contribution in [0.4, 0.5) is 27.6 Å². The van der Waals surface area contributed by atoms with Crippen LogP contribution in [0, 0.1) is 18.6 Å². The summed E-state index contributed by atoms with van der Waals surface area (Å²) < 4.78 is 73.0. The molecule has 3 heterocycles. The van der Waals surface area contributed by atoms with Crippen LogP contribution in [0.15, 0.2) is 55.0 Å². The van der Waals surface area contributed by atoms with Gasteiger partial charge >= 0.3 is 6.18 Å². The van der Waals surface area contributed by atoms with Crippen molar-refractivity contribution in [3.8, 4) is 5.88 Å². The van der Waals surface area contributed by atoms with E-state index in [9.17, 15) is 27.1 Å². The Balaban J connectivity index is 1.51. The molecule has 0 saturated carbocycles. The number of aromatic nitrogens is 3. The van der Waals surface area contributed by atoms with Crippen LogP contribution >= 0.6 is 0 Å². The van der Waals surface area contributed by atoms with Gasteiger partial charge in [0, 0.05) is 36.8 Å². The van der Waals surface area contributed by atoms with Gasteiger partial charge in [-0.2, -0.15) is 13.2 Å². The summed E-state index contributed by atoms with van der Waals surface area (Å²) in [5.41, 5.74) is 3.63. The van der Waals surface area contributed by atoms with Gasteiger partial charge in [0.25, 0.3) is 0 Å². The highest BCUT2D eigenvalue weighted by Gasteiger charge is 2.37. The van der Waals surface area contributed by atoms with E-state index in [1.54, 1.807) is 6.92 Å². The Labute approximate surface area is 234 Å². The van der Waals surface area contributed by atoms with E-state index < -0.39 is 35.7 Å². The van der Waals surface area contributed by atoms with Crippen molar-refractivity contribution in [1.29, 1.82) is 0 Å². The largest absolute Gasteiger partial charge is 0.474 e. The molecule has 1 unspecified atom stereocenters. The maximum Gasteiger partial charge on any atom is 0.433 e. The lowest BCUT2D eigenvalue weighted by Crippen LogP contribution is -2.39. The van der Waals surface area contributed by atoms with Gasteiger partial charge in [-0.1, -0.05) is 18.7 Å². The van der Waals surface area contributed by atoms with E-state index in [4.69, 9.17) is 10.5 Å². The number of nitrogens with zero attached hydrogens (tertiary/aromatic N) is 4.